The number of likely N-dealkylation sites (tertiary alicyclic amines) is 1. The summed E-state index contributed by atoms with van der Waals surface area (Å²) in [6.45, 7) is 4.43. The molecule has 16 nitrogen and oxygen atoms in total. The van der Waals surface area contributed by atoms with Gasteiger partial charge in [0.15, 0.2) is 16.4 Å². The van der Waals surface area contributed by atoms with Crippen LogP contribution in [0.4, 0.5) is 5.69 Å². The van der Waals surface area contributed by atoms with Crippen molar-refractivity contribution in [1.82, 2.24) is 10.2 Å². The number of carboxylic acid groups (broad SMARTS) is 1. The highest BCUT2D eigenvalue weighted by atomic mass is 32.2. The van der Waals surface area contributed by atoms with Gasteiger partial charge in [-0.1, -0.05) is 12.6 Å². The van der Waals surface area contributed by atoms with E-state index < -0.39 is 64.3 Å². The Balaban J connectivity index is 1.47. The van der Waals surface area contributed by atoms with Crippen LogP contribution in [0.25, 0.3) is 12.2 Å². The van der Waals surface area contributed by atoms with Crippen LogP contribution in [0.5, 0.6) is 11.5 Å². The first kappa shape index (κ1) is 38.4. The monoisotopic (exact) mass is 774 g/mol. The number of carboxylic acids is 1. The molecule has 3 aromatic rings. The second-order valence-corrected chi connectivity index (χ2v) is 15.9. The van der Waals surface area contributed by atoms with Crippen molar-refractivity contribution in [2.45, 2.75) is 40.7 Å². The van der Waals surface area contributed by atoms with Crippen LogP contribution in [-0.4, -0.2) is 90.3 Å². The fourth-order valence-corrected chi connectivity index (χ4v) is 8.53. The van der Waals surface area contributed by atoms with Gasteiger partial charge in [-0.25, -0.2) is 4.79 Å². The van der Waals surface area contributed by atoms with Crippen molar-refractivity contribution in [1.29, 1.82) is 0 Å². The SMILES string of the molecule is C=c1ccc2c(c1S(=O)(=O)O)Oc1c(ccc(N)c1S(=O)(=O)O)C=2c1cc(C(=O)NCCCCCN2C(=O)CC(SCCN)C2=O)ccc1C(=O)O. The maximum absolute atomic E-state index is 13.3. The van der Waals surface area contributed by atoms with E-state index in [1.54, 1.807) is 0 Å². The van der Waals surface area contributed by atoms with E-state index in [1.807, 2.05) is 0 Å². The normalized spacial score (nSPS) is 15.6. The number of nitrogens with two attached hydrogens (primary N) is 2. The van der Waals surface area contributed by atoms with Gasteiger partial charge in [-0.3, -0.25) is 28.4 Å². The maximum atomic E-state index is 13.3. The molecule has 8 N–H and O–H groups in total. The van der Waals surface area contributed by atoms with E-state index >= 15 is 0 Å². The predicted molar refractivity (Wildman–Crippen MR) is 190 cm³/mol. The van der Waals surface area contributed by atoms with Crippen LogP contribution < -0.4 is 32.0 Å². The van der Waals surface area contributed by atoms with Crippen molar-refractivity contribution in [3.8, 4) is 11.5 Å². The number of unbranched alkanes of at least 4 members (excludes halogenated alkanes) is 2. The molecule has 0 spiro atoms. The number of anilines is 1. The summed E-state index contributed by atoms with van der Waals surface area (Å²) in [4.78, 5) is 50.1. The van der Waals surface area contributed by atoms with Gasteiger partial charge < -0.3 is 26.6 Å². The standard InChI is InChI=1S/C33H34N4O12S3/c1-17-5-7-20-26(21-9-10-23(35)30(52(46,47)48)28(21)49-27(20)29(17)51(43,44)45)22-15-18(6-8-19(22)33(41)42)31(39)36-12-3-2-4-13-37-25(38)16-24(32(37)40)50-14-11-34/h5-10,15,24H,1-4,11-14,16,34-35H2,(H,36,39)(H,41,42)(H,43,44,45)(H,46,47,48). The molecule has 0 saturated carbocycles. The molecular weight excluding hydrogens is 741 g/mol. The number of carbonyl (C=O) groups is 4. The summed E-state index contributed by atoms with van der Waals surface area (Å²) < 4.78 is 75.9. The van der Waals surface area contributed by atoms with Gasteiger partial charge in [-0.05, 0) is 66.4 Å². The molecule has 2 aliphatic rings. The summed E-state index contributed by atoms with van der Waals surface area (Å²) in [7, 11) is -10.2. The number of hydrogen-bond donors (Lipinski definition) is 6. The molecule has 276 valence electrons. The first-order chi connectivity index (χ1) is 24.4. The third kappa shape index (κ3) is 7.69. The number of amides is 3. The number of aromatic carboxylic acids is 1. The lowest BCUT2D eigenvalue weighted by atomic mass is 9.88. The van der Waals surface area contributed by atoms with Gasteiger partial charge in [-0.2, -0.15) is 16.8 Å². The Kier molecular flexibility index (Phi) is 11.1. The highest BCUT2D eigenvalue weighted by Crippen LogP contribution is 2.44. The van der Waals surface area contributed by atoms with Crippen LogP contribution in [0.1, 0.15) is 57.5 Å². The van der Waals surface area contributed by atoms with Crippen LogP contribution in [0.15, 0.2) is 52.3 Å². The molecule has 3 amide bonds. The molecule has 1 unspecified atom stereocenters. The van der Waals surface area contributed by atoms with E-state index in [9.17, 15) is 50.2 Å². The third-order valence-corrected chi connectivity index (χ3v) is 11.5. The molecule has 2 aliphatic heterocycles. The summed E-state index contributed by atoms with van der Waals surface area (Å²) in [5.41, 5.74) is 10.1. The van der Waals surface area contributed by atoms with Crippen LogP contribution in [0.2, 0.25) is 0 Å². The maximum Gasteiger partial charge on any atom is 0.336 e. The number of nitrogens with zero attached hydrogens (tertiary/aromatic N) is 1. The third-order valence-electron chi connectivity index (χ3n) is 8.36. The van der Waals surface area contributed by atoms with Gasteiger partial charge in [-0.15, -0.1) is 11.8 Å². The van der Waals surface area contributed by atoms with E-state index in [1.165, 1.54) is 47.0 Å². The van der Waals surface area contributed by atoms with Gasteiger partial charge in [0.1, 0.15) is 4.90 Å². The highest BCUT2D eigenvalue weighted by Gasteiger charge is 2.38. The number of rotatable bonds is 14. The summed E-state index contributed by atoms with van der Waals surface area (Å²) in [5.74, 6) is -3.25. The number of carbonyl (C=O) groups excluding carboxylic acids is 3. The number of nitrogen functional groups attached to an aromatic ring is 1. The lowest BCUT2D eigenvalue weighted by Gasteiger charge is -2.25. The van der Waals surface area contributed by atoms with E-state index in [4.69, 9.17) is 16.2 Å². The summed E-state index contributed by atoms with van der Waals surface area (Å²) >= 11 is 1.36. The van der Waals surface area contributed by atoms with Crippen molar-refractivity contribution in [3.05, 3.63) is 75.2 Å². The van der Waals surface area contributed by atoms with Crippen LogP contribution >= 0.6 is 11.8 Å². The minimum atomic E-state index is -5.14. The Bertz CT molecular complexity index is 2350. The smallest absolute Gasteiger partial charge is 0.336 e. The Labute approximate surface area is 302 Å². The molecule has 0 bridgehead atoms. The van der Waals surface area contributed by atoms with Crippen molar-refractivity contribution in [3.63, 3.8) is 0 Å². The van der Waals surface area contributed by atoms with Crippen LogP contribution in [0.3, 0.4) is 0 Å². The zero-order chi connectivity index (χ0) is 38.1. The molecular formula is C33H34N4O12S3. The Morgan fingerprint density at radius 3 is 2.33 bits per heavy atom. The summed E-state index contributed by atoms with van der Waals surface area (Å²) in [5, 5.41) is 12.1. The van der Waals surface area contributed by atoms with Gasteiger partial charge in [0.05, 0.1) is 16.5 Å². The molecule has 5 rings (SSSR count). The van der Waals surface area contributed by atoms with Crippen LogP contribution in [0, 0.1) is 0 Å². The first-order valence-corrected chi connectivity index (χ1v) is 19.6. The number of benzene rings is 3. The van der Waals surface area contributed by atoms with E-state index in [0.717, 1.165) is 12.1 Å². The summed E-state index contributed by atoms with van der Waals surface area (Å²) in [6, 6.07) is 8.51. The van der Waals surface area contributed by atoms with Crippen molar-refractivity contribution >= 4 is 73.5 Å². The van der Waals surface area contributed by atoms with E-state index in [2.05, 4.69) is 11.9 Å². The number of fused-ring (bicyclic) bond motifs is 2. The minimum absolute atomic E-state index is 0.0226. The number of hydrogen-bond acceptors (Lipinski definition) is 12. The fourth-order valence-electron chi connectivity index (χ4n) is 6.05. The van der Waals surface area contributed by atoms with Crippen molar-refractivity contribution in [2.75, 3.05) is 31.1 Å². The lowest BCUT2D eigenvalue weighted by molar-refractivity contribution is -0.138. The Hall–Kier alpha value is -4.79. The largest absolute Gasteiger partial charge is 0.478 e. The van der Waals surface area contributed by atoms with Crippen molar-refractivity contribution in [2.24, 2.45) is 5.73 Å². The quantitative estimate of drug-likeness (QED) is 0.0450. The molecule has 3 aromatic carbocycles. The molecule has 2 heterocycles. The fraction of sp³-hybridized carbons (Fsp3) is 0.273. The average molecular weight is 775 g/mol. The molecule has 19 heteroatoms. The van der Waals surface area contributed by atoms with Crippen LogP contribution in [-0.2, 0) is 29.8 Å². The zero-order valence-electron chi connectivity index (χ0n) is 27.3. The molecule has 0 aliphatic carbocycles. The molecule has 0 aromatic heterocycles. The number of ether oxygens (including phenoxy) is 1. The van der Waals surface area contributed by atoms with Crippen molar-refractivity contribution < 1.29 is 55.0 Å². The van der Waals surface area contributed by atoms with Gasteiger partial charge in [0.2, 0.25) is 11.8 Å². The second kappa shape index (κ2) is 15.1. The van der Waals surface area contributed by atoms with E-state index in [0.29, 0.717) is 31.6 Å². The number of nitrogens with one attached hydrogen (secondary N) is 1. The first-order valence-electron chi connectivity index (χ1n) is 15.7. The molecule has 1 saturated heterocycles. The lowest BCUT2D eigenvalue weighted by Crippen LogP contribution is -2.32. The summed E-state index contributed by atoms with van der Waals surface area (Å²) in [6.07, 6.45) is 1.69. The van der Waals surface area contributed by atoms with Gasteiger partial charge >= 0.3 is 5.97 Å². The highest BCUT2D eigenvalue weighted by molar-refractivity contribution is 8.00. The molecule has 52 heavy (non-hydrogen) atoms. The topological polar surface area (TPSA) is 274 Å². The van der Waals surface area contributed by atoms with E-state index in [-0.39, 0.29) is 69.6 Å². The predicted octanol–water partition coefficient (Wildman–Crippen LogP) is 0.943. The number of imide groups is 1. The minimum Gasteiger partial charge on any atom is -0.478 e. The molecule has 0 radical (unpaired) electrons. The second-order valence-electron chi connectivity index (χ2n) is 11.8. The molecule has 1 atom stereocenters. The Morgan fingerprint density at radius 2 is 1.67 bits per heavy atom. The van der Waals surface area contributed by atoms with Gasteiger partial charge in [0.25, 0.3) is 26.1 Å². The van der Waals surface area contributed by atoms with Gasteiger partial charge in [0, 0.05) is 53.7 Å². The number of thioether (sulfide) groups is 1. The average Bonchev–Trinajstić information content (AvgIpc) is 3.33. The zero-order valence-corrected chi connectivity index (χ0v) is 29.8. The molecule has 1 fully saturated rings. The Morgan fingerprint density at radius 1 is 0.962 bits per heavy atom.